The van der Waals surface area contributed by atoms with Crippen LogP contribution in [0.25, 0.3) is 0 Å². The van der Waals surface area contributed by atoms with E-state index in [4.69, 9.17) is 14.6 Å². The second kappa shape index (κ2) is 8.96. The molecule has 2 N–H and O–H groups in total. The predicted octanol–water partition coefficient (Wildman–Crippen LogP) is 1.00. The van der Waals surface area contributed by atoms with Gasteiger partial charge in [-0.25, -0.2) is 9.59 Å². The van der Waals surface area contributed by atoms with Gasteiger partial charge >= 0.3 is 12.1 Å². The first-order valence-electron chi connectivity index (χ1n) is 5.35. The third-order valence-corrected chi connectivity index (χ3v) is 1.81. The van der Waals surface area contributed by atoms with Crippen molar-refractivity contribution in [3.05, 3.63) is 0 Å². The minimum absolute atomic E-state index is 0.0608. The molecule has 0 saturated carbocycles. The maximum Gasteiger partial charge on any atom is 0.407 e. The van der Waals surface area contributed by atoms with E-state index in [9.17, 15) is 9.59 Å². The summed E-state index contributed by atoms with van der Waals surface area (Å²) in [4.78, 5) is 21.9. The van der Waals surface area contributed by atoms with Gasteiger partial charge in [0.05, 0.1) is 13.2 Å². The highest BCUT2D eigenvalue weighted by atomic mass is 16.5. The Bertz CT molecular complexity index is 219. The van der Waals surface area contributed by atoms with Gasteiger partial charge in [-0.05, 0) is 13.3 Å². The van der Waals surface area contributed by atoms with Crippen LogP contribution in [0.4, 0.5) is 4.79 Å². The third-order valence-electron chi connectivity index (χ3n) is 1.81. The number of carbonyl (C=O) groups is 2. The first-order chi connectivity index (χ1) is 7.61. The first kappa shape index (κ1) is 14.7. The fraction of sp³-hybridized carbons (Fsp3) is 0.800. The number of nitrogens with one attached hydrogen (secondary N) is 1. The van der Waals surface area contributed by atoms with Crippen LogP contribution < -0.4 is 5.32 Å². The van der Waals surface area contributed by atoms with Gasteiger partial charge in [0.15, 0.2) is 6.04 Å². The summed E-state index contributed by atoms with van der Waals surface area (Å²) >= 11 is 0. The predicted molar refractivity (Wildman–Crippen MR) is 57.3 cm³/mol. The monoisotopic (exact) mass is 233 g/mol. The highest BCUT2D eigenvalue weighted by Gasteiger charge is 2.20. The van der Waals surface area contributed by atoms with Crippen LogP contribution in [0.15, 0.2) is 0 Å². The van der Waals surface area contributed by atoms with Crippen molar-refractivity contribution >= 4 is 12.1 Å². The number of ether oxygens (including phenoxy) is 2. The lowest BCUT2D eigenvalue weighted by molar-refractivity contribution is -0.140. The van der Waals surface area contributed by atoms with E-state index in [0.717, 1.165) is 12.8 Å². The fourth-order valence-electron chi connectivity index (χ4n) is 0.904. The number of carboxylic acids is 1. The average Bonchev–Trinajstić information content (AvgIpc) is 2.24. The van der Waals surface area contributed by atoms with Crippen LogP contribution in [0.1, 0.15) is 26.7 Å². The summed E-state index contributed by atoms with van der Waals surface area (Å²) in [6.07, 6.45) is 0.950. The van der Waals surface area contributed by atoms with Gasteiger partial charge in [0, 0.05) is 6.61 Å². The topological polar surface area (TPSA) is 84.9 Å². The number of carbonyl (C=O) groups excluding carboxylic acids is 1. The second-order valence-electron chi connectivity index (χ2n) is 3.18. The summed E-state index contributed by atoms with van der Waals surface area (Å²) in [6.45, 7) is 4.35. The van der Waals surface area contributed by atoms with Crippen LogP contribution in [0.2, 0.25) is 0 Å². The number of alkyl carbamates (subject to hydrolysis) is 1. The van der Waals surface area contributed by atoms with Crippen molar-refractivity contribution in [2.24, 2.45) is 0 Å². The number of unbranched alkanes of at least 4 members (excludes halogenated alkanes) is 1. The third kappa shape index (κ3) is 7.05. The van der Waals surface area contributed by atoms with Gasteiger partial charge in [-0.2, -0.15) is 0 Å². The molecule has 0 aromatic heterocycles. The summed E-state index contributed by atoms with van der Waals surface area (Å²) < 4.78 is 9.71. The number of hydrogen-bond acceptors (Lipinski definition) is 4. The van der Waals surface area contributed by atoms with Crippen molar-refractivity contribution in [3.63, 3.8) is 0 Å². The highest BCUT2D eigenvalue weighted by Crippen LogP contribution is 1.92. The minimum Gasteiger partial charge on any atom is -0.480 e. The van der Waals surface area contributed by atoms with Crippen molar-refractivity contribution in [2.75, 3.05) is 19.8 Å². The summed E-state index contributed by atoms with van der Waals surface area (Å²) in [5.41, 5.74) is 0. The number of hydrogen-bond donors (Lipinski definition) is 2. The lowest BCUT2D eigenvalue weighted by atomic mass is 10.3. The fourth-order valence-corrected chi connectivity index (χ4v) is 0.904. The molecule has 0 bridgehead atoms. The van der Waals surface area contributed by atoms with Crippen LogP contribution in [-0.4, -0.2) is 43.0 Å². The molecule has 1 atom stereocenters. The number of aliphatic carboxylic acids is 1. The normalized spacial score (nSPS) is 11.9. The molecule has 1 amide bonds. The zero-order valence-corrected chi connectivity index (χ0v) is 9.69. The van der Waals surface area contributed by atoms with E-state index in [1.54, 1.807) is 6.92 Å². The van der Waals surface area contributed by atoms with E-state index >= 15 is 0 Å². The van der Waals surface area contributed by atoms with Crippen molar-refractivity contribution in [2.45, 2.75) is 32.7 Å². The smallest absolute Gasteiger partial charge is 0.407 e. The van der Waals surface area contributed by atoms with Gasteiger partial charge in [0.2, 0.25) is 0 Å². The first-order valence-corrected chi connectivity index (χ1v) is 5.35. The Morgan fingerprint density at radius 2 is 2.06 bits per heavy atom. The van der Waals surface area contributed by atoms with E-state index in [1.165, 1.54) is 0 Å². The molecule has 0 saturated heterocycles. The van der Waals surface area contributed by atoms with Crippen molar-refractivity contribution < 1.29 is 24.2 Å². The molecule has 6 nitrogen and oxygen atoms in total. The Labute approximate surface area is 94.9 Å². The number of amides is 1. The Morgan fingerprint density at radius 1 is 1.38 bits per heavy atom. The molecule has 0 aliphatic heterocycles. The van der Waals surface area contributed by atoms with Gasteiger partial charge in [-0.1, -0.05) is 13.3 Å². The van der Waals surface area contributed by atoms with E-state index in [0.29, 0.717) is 13.2 Å². The zero-order valence-electron chi connectivity index (χ0n) is 9.69. The standard InChI is InChI=1S/C10H19NO5/c1-3-5-6-16-10(14)11-8(9(12)13)7-15-4-2/h8H,3-7H2,1-2H3,(H,11,14)(H,12,13)/t8-/m0/s1. The molecule has 0 fully saturated rings. The molecule has 0 heterocycles. The van der Waals surface area contributed by atoms with Gasteiger partial charge in [0.1, 0.15) is 0 Å². The molecule has 0 aliphatic rings. The lowest BCUT2D eigenvalue weighted by Gasteiger charge is -2.14. The molecule has 0 aliphatic carbocycles. The molecule has 0 unspecified atom stereocenters. The molecule has 0 spiro atoms. The minimum atomic E-state index is -1.14. The van der Waals surface area contributed by atoms with Crippen LogP contribution >= 0.6 is 0 Å². The number of rotatable bonds is 8. The molecule has 94 valence electrons. The van der Waals surface area contributed by atoms with Crippen LogP contribution in [0, 0.1) is 0 Å². The maximum atomic E-state index is 11.1. The summed E-state index contributed by atoms with van der Waals surface area (Å²) in [7, 11) is 0. The van der Waals surface area contributed by atoms with Crippen molar-refractivity contribution in [3.8, 4) is 0 Å². The summed E-state index contributed by atoms with van der Waals surface area (Å²) in [5, 5.41) is 11.0. The Kier molecular flexibility index (Phi) is 8.24. The second-order valence-corrected chi connectivity index (χ2v) is 3.18. The molecule has 16 heavy (non-hydrogen) atoms. The van der Waals surface area contributed by atoms with Gasteiger partial charge in [0.25, 0.3) is 0 Å². The SMILES string of the molecule is CCCCOC(=O)N[C@@H](COCC)C(=O)O. The Hall–Kier alpha value is -1.30. The van der Waals surface area contributed by atoms with E-state index < -0.39 is 18.1 Å². The molecule has 0 radical (unpaired) electrons. The quantitative estimate of drug-likeness (QED) is 0.611. The van der Waals surface area contributed by atoms with E-state index in [1.807, 2.05) is 6.92 Å². The molecule has 6 heteroatoms. The highest BCUT2D eigenvalue weighted by molar-refractivity contribution is 5.79. The maximum absolute atomic E-state index is 11.1. The van der Waals surface area contributed by atoms with E-state index in [2.05, 4.69) is 5.32 Å². The van der Waals surface area contributed by atoms with Gasteiger partial charge < -0.3 is 19.9 Å². The largest absolute Gasteiger partial charge is 0.480 e. The Morgan fingerprint density at radius 3 is 2.56 bits per heavy atom. The van der Waals surface area contributed by atoms with Crippen molar-refractivity contribution in [1.29, 1.82) is 0 Å². The van der Waals surface area contributed by atoms with Gasteiger partial charge in [-0.3, -0.25) is 0 Å². The Balaban J connectivity index is 3.88. The van der Waals surface area contributed by atoms with Gasteiger partial charge in [-0.15, -0.1) is 0 Å². The number of carboxylic acid groups (broad SMARTS) is 1. The molecule has 0 aromatic carbocycles. The molecular formula is C10H19NO5. The molecular weight excluding hydrogens is 214 g/mol. The van der Waals surface area contributed by atoms with Crippen molar-refractivity contribution in [1.82, 2.24) is 5.32 Å². The molecule has 0 rings (SSSR count). The zero-order chi connectivity index (χ0) is 12.4. The summed E-state index contributed by atoms with van der Waals surface area (Å²) in [5.74, 6) is -1.14. The lowest BCUT2D eigenvalue weighted by Crippen LogP contribution is -2.44. The summed E-state index contributed by atoms with van der Waals surface area (Å²) in [6, 6.07) is -1.06. The van der Waals surface area contributed by atoms with Crippen LogP contribution in [0.3, 0.4) is 0 Å². The van der Waals surface area contributed by atoms with Crippen LogP contribution in [-0.2, 0) is 14.3 Å². The molecule has 0 aromatic rings. The average molecular weight is 233 g/mol. The van der Waals surface area contributed by atoms with Crippen LogP contribution in [0.5, 0.6) is 0 Å². The van der Waals surface area contributed by atoms with E-state index in [-0.39, 0.29) is 6.61 Å².